The standard InChI is InChI=1S/C51H76O15/c1-3-5-7-9-11-13-15-17-18-19-20-22-23-25-27-29-31-33-42(53)61-36-39(64-43(54)34-32-30-28-26-24-21-16-14-12-10-8-6-4-2)37-62-50-49(60)47(58)45(56)41(66-50)38-63-51-48(59)46(57)44(55)40(35-52)65-51/h5-8,10-14,16-18,20-22,24-28,39-41,44-52,55-60H,3-4,9,15,19,23,29-38H2,1-2H3/b7-5+,8-6+,12-10+,13-11+,16-14+,18-17+,22-20+,24-21+,27-25+,28-26+/t39?,40-,41-,44+,45+,46?,47?,48?,49?,50-,51-/m1/s1. The summed E-state index contributed by atoms with van der Waals surface area (Å²) in [4.78, 5) is 25.6. The van der Waals surface area contributed by atoms with E-state index in [2.05, 4.69) is 68.5 Å². The molecule has 15 heteroatoms. The van der Waals surface area contributed by atoms with Crippen molar-refractivity contribution >= 4 is 11.9 Å². The highest BCUT2D eigenvalue weighted by atomic mass is 16.7. The van der Waals surface area contributed by atoms with E-state index < -0.39 is 99.3 Å². The molecule has 0 aromatic heterocycles. The SMILES string of the molecule is CC/C=C/C=C/C=C/C=C/C=C/CCCC(=O)OC(COC(=O)CCC/C=C/C/C=C/C/C=C/C/C=C/C/C=C/CC)CO[C@@H]1O[C@H](CO[C@@H]2O[C@H](CO)[C@H](O)C(O)C2O)[C@H](O)C(O)C1O. The van der Waals surface area contributed by atoms with Crippen molar-refractivity contribution in [3.63, 3.8) is 0 Å². The van der Waals surface area contributed by atoms with E-state index in [1.54, 1.807) is 0 Å². The second-order valence-electron chi connectivity index (χ2n) is 15.6. The van der Waals surface area contributed by atoms with E-state index >= 15 is 0 Å². The molecular weight excluding hydrogens is 853 g/mol. The smallest absolute Gasteiger partial charge is 0.306 e. The molecular formula is C51H76O15. The van der Waals surface area contributed by atoms with Gasteiger partial charge < -0.3 is 64.2 Å². The van der Waals surface area contributed by atoms with Crippen molar-refractivity contribution in [2.45, 2.75) is 158 Å². The minimum atomic E-state index is -1.79. The van der Waals surface area contributed by atoms with Gasteiger partial charge in [0.05, 0.1) is 19.8 Å². The van der Waals surface area contributed by atoms with Crippen molar-refractivity contribution in [2.24, 2.45) is 0 Å². The molecule has 0 aromatic rings. The lowest BCUT2D eigenvalue weighted by atomic mass is 9.98. The third-order valence-electron chi connectivity index (χ3n) is 10.1. The number of allylic oxidation sites excluding steroid dienone is 20. The Labute approximate surface area is 391 Å². The number of rotatable bonds is 32. The number of aliphatic hydroxyl groups is 7. The van der Waals surface area contributed by atoms with E-state index in [0.717, 1.165) is 38.5 Å². The zero-order chi connectivity index (χ0) is 48.2. The number of carbonyl (C=O) groups excluding carboxylic acids is 2. The van der Waals surface area contributed by atoms with E-state index in [9.17, 15) is 45.3 Å². The first-order chi connectivity index (χ1) is 32.0. The molecule has 2 aliphatic heterocycles. The van der Waals surface area contributed by atoms with Crippen molar-refractivity contribution in [1.82, 2.24) is 0 Å². The van der Waals surface area contributed by atoms with E-state index in [4.69, 9.17) is 28.4 Å². The Morgan fingerprint density at radius 2 is 0.955 bits per heavy atom. The summed E-state index contributed by atoms with van der Waals surface area (Å²) in [5, 5.41) is 71.9. The molecule has 0 amide bonds. The minimum absolute atomic E-state index is 0.0482. The van der Waals surface area contributed by atoms with Gasteiger partial charge in [0.2, 0.25) is 0 Å². The molecule has 2 fully saturated rings. The Morgan fingerprint density at radius 1 is 0.500 bits per heavy atom. The molecule has 5 unspecified atom stereocenters. The molecule has 0 spiro atoms. The number of esters is 2. The van der Waals surface area contributed by atoms with Gasteiger partial charge in [-0.15, -0.1) is 0 Å². The predicted octanol–water partition coefficient (Wildman–Crippen LogP) is 5.37. The van der Waals surface area contributed by atoms with Crippen molar-refractivity contribution in [3.05, 3.63) is 122 Å². The zero-order valence-electron chi connectivity index (χ0n) is 38.6. The summed E-state index contributed by atoms with van der Waals surface area (Å²) in [6.45, 7) is 2.13. The third kappa shape index (κ3) is 25.1. The number of unbranched alkanes of at least 4 members (excludes halogenated alkanes) is 2. The van der Waals surface area contributed by atoms with Crippen LogP contribution in [0.25, 0.3) is 0 Å². The van der Waals surface area contributed by atoms with Crippen LogP contribution in [0.5, 0.6) is 0 Å². The third-order valence-corrected chi connectivity index (χ3v) is 10.1. The van der Waals surface area contributed by atoms with E-state index in [1.807, 2.05) is 66.8 Å². The van der Waals surface area contributed by atoms with Crippen LogP contribution in [0.3, 0.4) is 0 Å². The van der Waals surface area contributed by atoms with Crippen LogP contribution in [-0.4, -0.2) is 142 Å². The second kappa shape index (κ2) is 37.0. The summed E-state index contributed by atoms with van der Waals surface area (Å²) in [5.74, 6) is -1.10. The Morgan fingerprint density at radius 3 is 1.52 bits per heavy atom. The van der Waals surface area contributed by atoms with Gasteiger partial charge in [0, 0.05) is 12.8 Å². The molecule has 7 N–H and O–H groups in total. The highest BCUT2D eigenvalue weighted by Crippen LogP contribution is 2.26. The fraction of sp³-hybridized carbons (Fsp3) is 0.569. The molecule has 0 aliphatic carbocycles. The Kier molecular flexibility index (Phi) is 32.5. The van der Waals surface area contributed by atoms with Crippen molar-refractivity contribution < 1.29 is 73.8 Å². The van der Waals surface area contributed by atoms with Crippen LogP contribution >= 0.6 is 0 Å². The van der Waals surface area contributed by atoms with Gasteiger partial charge in [-0.3, -0.25) is 9.59 Å². The van der Waals surface area contributed by atoms with Gasteiger partial charge in [-0.2, -0.15) is 0 Å². The van der Waals surface area contributed by atoms with Crippen LogP contribution < -0.4 is 0 Å². The molecule has 0 aromatic carbocycles. The van der Waals surface area contributed by atoms with Crippen molar-refractivity contribution in [3.8, 4) is 0 Å². The van der Waals surface area contributed by atoms with Gasteiger partial charge >= 0.3 is 11.9 Å². The topological polar surface area (TPSA) is 231 Å². The molecule has 2 aliphatic rings. The Bertz CT molecular complexity index is 1610. The highest BCUT2D eigenvalue weighted by Gasteiger charge is 2.47. The number of carbonyl (C=O) groups is 2. The first kappa shape index (κ1) is 58.0. The maximum absolute atomic E-state index is 12.9. The van der Waals surface area contributed by atoms with E-state index in [-0.39, 0.29) is 19.4 Å². The van der Waals surface area contributed by atoms with Crippen LogP contribution in [0, 0.1) is 0 Å². The van der Waals surface area contributed by atoms with Crippen LogP contribution in [0.1, 0.15) is 90.9 Å². The van der Waals surface area contributed by atoms with Gasteiger partial charge in [-0.1, -0.05) is 135 Å². The average molecular weight is 929 g/mol. The van der Waals surface area contributed by atoms with Crippen LogP contribution in [-0.2, 0) is 38.0 Å². The number of aliphatic hydroxyl groups excluding tert-OH is 7. The van der Waals surface area contributed by atoms with Gasteiger partial charge in [-0.05, 0) is 64.2 Å². The molecule has 15 nitrogen and oxygen atoms in total. The van der Waals surface area contributed by atoms with Crippen molar-refractivity contribution in [2.75, 3.05) is 26.4 Å². The Balaban J connectivity index is 1.91. The Hall–Kier alpha value is -4.10. The monoisotopic (exact) mass is 929 g/mol. The zero-order valence-corrected chi connectivity index (χ0v) is 38.6. The molecule has 2 saturated heterocycles. The van der Waals surface area contributed by atoms with Gasteiger partial charge in [-0.25, -0.2) is 0 Å². The summed E-state index contributed by atoms with van der Waals surface area (Å²) in [6.07, 6.45) is 31.2. The second-order valence-corrected chi connectivity index (χ2v) is 15.6. The lowest BCUT2D eigenvalue weighted by molar-refractivity contribution is -0.332. The fourth-order valence-electron chi connectivity index (χ4n) is 6.28. The van der Waals surface area contributed by atoms with Crippen molar-refractivity contribution in [1.29, 1.82) is 0 Å². The molecule has 0 saturated carbocycles. The van der Waals surface area contributed by atoms with E-state index in [0.29, 0.717) is 25.7 Å². The van der Waals surface area contributed by atoms with Gasteiger partial charge in [0.25, 0.3) is 0 Å². The summed E-state index contributed by atoms with van der Waals surface area (Å²) in [7, 11) is 0. The summed E-state index contributed by atoms with van der Waals surface area (Å²) >= 11 is 0. The lowest BCUT2D eigenvalue weighted by Gasteiger charge is -2.42. The molecule has 0 bridgehead atoms. The maximum atomic E-state index is 12.9. The highest BCUT2D eigenvalue weighted by molar-refractivity contribution is 5.70. The van der Waals surface area contributed by atoms with E-state index in [1.165, 1.54) is 0 Å². The normalized spacial score (nSPS) is 27.3. The molecule has 11 atom stereocenters. The molecule has 0 radical (unpaired) electrons. The molecule has 370 valence electrons. The largest absolute Gasteiger partial charge is 0.462 e. The predicted molar refractivity (Wildman–Crippen MR) is 251 cm³/mol. The van der Waals surface area contributed by atoms with Crippen LogP contribution in [0.2, 0.25) is 0 Å². The molecule has 2 rings (SSSR count). The quantitative estimate of drug-likeness (QED) is 0.0195. The van der Waals surface area contributed by atoms with Gasteiger partial charge in [0.1, 0.15) is 55.4 Å². The summed E-state index contributed by atoms with van der Waals surface area (Å²) < 4.78 is 33.3. The maximum Gasteiger partial charge on any atom is 0.306 e. The van der Waals surface area contributed by atoms with Crippen LogP contribution in [0.4, 0.5) is 0 Å². The fourth-order valence-corrected chi connectivity index (χ4v) is 6.28. The van der Waals surface area contributed by atoms with Gasteiger partial charge in [0.15, 0.2) is 18.7 Å². The first-order valence-electron chi connectivity index (χ1n) is 23.2. The molecule has 66 heavy (non-hydrogen) atoms. The number of ether oxygens (including phenoxy) is 6. The molecule has 2 heterocycles. The van der Waals surface area contributed by atoms with Crippen LogP contribution in [0.15, 0.2) is 122 Å². The average Bonchev–Trinajstić information content (AvgIpc) is 3.31. The first-order valence-corrected chi connectivity index (χ1v) is 23.2. The number of hydrogen-bond donors (Lipinski definition) is 7. The lowest BCUT2D eigenvalue weighted by Crippen LogP contribution is -2.61. The minimum Gasteiger partial charge on any atom is -0.462 e. The summed E-state index contributed by atoms with van der Waals surface area (Å²) in [6, 6.07) is 0. The summed E-state index contributed by atoms with van der Waals surface area (Å²) in [5.41, 5.74) is 0. The number of hydrogen-bond acceptors (Lipinski definition) is 15.